The van der Waals surface area contributed by atoms with Crippen LogP contribution in [0.3, 0.4) is 0 Å². The zero-order valence-corrected chi connectivity index (χ0v) is 9.08. The van der Waals surface area contributed by atoms with E-state index in [9.17, 15) is 14.6 Å². The SMILES string of the molecule is O[C@@H](C[C@H](O)c1ccco1)c1ccc(F)cc1. The van der Waals surface area contributed by atoms with Crippen LogP contribution in [-0.4, -0.2) is 10.2 Å². The van der Waals surface area contributed by atoms with E-state index in [1.807, 2.05) is 0 Å². The molecule has 0 radical (unpaired) electrons. The van der Waals surface area contributed by atoms with Gasteiger partial charge in [0, 0.05) is 6.42 Å². The molecule has 0 spiro atoms. The van der Waals surface area contributed by atoms with Crippen molar-refractivity contribution in [2.24, 2.45) is 0 Å². The van der Waals surface area contributed by atoms with Crippen molar-refractivity contribution < 1.29 is 19.0 Å². The van der Waals surface area contributed by atoms with Crippen LogP contribution in [0.1, 0.15) is 30.0 Å². The highest BCUT2D eigenvalue weighted by molar-refractivity contribution is 5.19. The molecule has 4 heteroatoms. The van der Waals surface area contributed by atoms with Gasteiger partial charge in [-0.3, -0.25) is 0 Å². The van der Waals surface area contributed by atoms with Crippen LogP contribution in [0.5, 0.6) is 0 Å². The maximum atomic E-state index is 12.7. The second kappa shape index (κ2) is 5.12. The van der Waals surface area contributed by atoms with Crippen LogP contribution in [-0.2, 0) is 0 Å². The summed E-state index contributed by atoms with van der Waals surface area (Å²) in [7, 11) is 0. The van der Waals surface area contributed by atoms with Crippen molar-refractivity contribution in [3.05, 3.63) is 59.8 Å². The number of hydrogen-bond donors (Lipinski definition) is 2. The Morgan fingerprint density at radius 1 is 1.06 bits per heavy atom. The van der Waals surface area contributed by atoms with Crippen LogP contribution in [0.15, 0.2) is 47.1 Å². The van der Waals surface area contributed by atoms with E-state index in [4.69, 9.17) is 4.42 Å². The molecular formula is C13H13FO3. The maximum absolute atomic E-state index is 12.7. The van der Waals surface area contributed by atoms with Gasteiger partial charge in [-0.25, -0.2) is 4.39 Å². The lowest BCUT2D eigenvalue weighted by atomic mass is 10.0. The normalized spacial score (nSPS) is 14.5. The highest BCUT2D eigenvalue weighted by Crippen LogP contribution is 2.26. The molecule has 0 aliphatic rings. The van der Waals surface area contributed by atoms with Crippen LogP contribution in [0, 0.1) is 5.82 Å². The van der Waals surface area contributed by atoms with Crippen molar-refractivity contribution in [2.75, 3.05) is 0 Å². The minimum atomic E-state index is -0.870. The van der Waals surface area contributed by atoms with E-state index in [1.165, 1.54) is 30.5 Å². The lowest BCUT2D eigenvalue weighted by molar-refractivity contribution is 0.0672. The lowest BCUT2D eigenvalue weighted by Gasteiger charge is -2.14. The molecule has 0 bridgehead atoms. The van der Waals surface area contributed by atoms with Crippen molar-refractivity contribution in [3.8, 4) is 0 Å². The molecule has 0 unspecified atom stereocenters. The van der Waals surface area contributed by atoms with Gasteiger partial charge in [0.25, 0.3) is 0 Å². The summed E-state index contributed by atoms with van der Waals surface area (Å²) in [6, 6.07) is 8.85. The van der Waals surface area contributed by atoms with Gasteiger partial charge in [0.2, 0.25) is 0 Å². The summed E-state index contributed by atoms with van der Waals surface area (Å²) in [4.78, 5) is 0. The zero-order chi connectivity index (χ0) is 12.3. The van der Waals surface area contributed by atoms with Crippen molar-refractivity contribution in [1.29, 1.82) is 0 Å². The molecule has 2 N–H and O–H groups in total. The highest BCUT2D eigenvalue weighted by Gasteiger charge is 2.17. The number of rotatable bonds is 4. The summed E-state index contributed by atoms with van der Waals surface area (Å²) in [5.41, 5.74) is 0.567. The Bertz CT molecular complexity index is 450. The molecule has 0 aliphatic heterocycles. The number of furan rings is 1. The quantitative estimate of drug-likeness (QED) is 0.857. The van der Waals surface area contributed by atoms with E-state index in [-0.39, 0.29) is 12.2 Å². The third-order valence-corrected chi connectivity index (χ3v) is 2.57. The van der Waals surface area contributed by atoms with Gasteiger partial charge in [-0.2, -0.15) is 0 Å². The molecule has 0 saturated carbocycles. The summed E-state index contributed by atoms with van der Waals surface area (Å²) >= 11 is 0. The predicted octanol–water partition coefficient (Wildman–Crippen LogP) is 2.58. The number of halogens is 1. The highest BCUT2D eigenvalue weighted by atomic mass is 19.1. The van der Waals surface area contributed by atoms with Crippen LogP contribution in [0.25, 0.3) is 0 Å². The van der Waals surface area contributed by atoms with Crippen LogP contribution < -0.4 is 0 Å². The monoisotopic (exact) mass is 236 g/mol. The Balaban J connectivity index is 2.01. The number of benzene rings is 1. The number of hydrogen-bond acceptors (Lipinski definition) is 3. The lowest BCUT2D eigenvalue weighted by Crippen LogP contribution is -2.05. The fraction of sp³-hybridized carbons (Fsp3) is 0.231. The van der Waals surface area contributed by atoms with Gasteiger partial charge in [0.15, 0.2) is 0 Å². The molecule has 2 aromatic rings. The molecule has 2 rings (SSSR count). The topological polar surface area (TPSA) is 53.6 Å². The third-order valence-electron chi connectivity index (χ3n) is 2.57. The first-order valence-corrected chi connectivity index (χ1v) is 5.32. The fourth-order valence-electron chi connectivity index (χ4n) is 1.63. The van der Waals surface area contributed by atoms with Gasteiger partial charge in [0.05, 0.1) is 12.4 Å². The average molecular weight is 236 g/mol. The van der Waals surface area contributed by atoms with Crippen molar-refractivity contribution in [2.45, 2.75) is 18.6 Å². The minimum absolute atomic E-state index is 0.110. The molecular weight excluding hydrogens is 223 g/mol. The van der Waals surface area contributed by atoms with Gasteiger partial charge in [-0.1, -0.05) is 12.1 Å². The molecule has 0 fully saturated rings. The third kappa shape index (κ3) is 2.93. The number of aliphatic hydroxyl groups is 2. The summed E-state index contributed by atoms with van der Waals surface area (Å²) in [6.07, 6.45) is -0.150. The first kappa shape index (κ1) is 11.8. The largest absolute Gasteiger partial charge is 0.467 e. The maximum Gasteiger partial charge on any atom is 0.132 e. The smallest absolute Gasteiger partial charge is 0.132 e. The Hall–Kier alpha value is -1.65. The second-order valence-electron chi connectivity index (χ2n) is 3.83. The minimum Gasteiger partial charge on any atom is -0.467 e. The van der Waals surface area contributed by atoms with E-state index in [0.717, 1.165) is 0 Å². The Kier molecular flexibility index (Phi) is 3.56. The van der Waals surface area contributed by atoms with Crippen LogP contribution in [0.2, 0.25) is 0 Å². The molecule has 17 heavy (non-hydrogen) atoms. The number of aliphatic hydroxyl groups excluding tert-OH is 2. The Morgan fingerprint density at radius 2 is 1.76 bits per heavy atom. The van der Waals surface area contributed by atoms with E-state index in [2.05, 4.69) is 0 Å². The molecule has 3 nitrogen and oxygen atoms in total. The van der Waals surface area contributed by atoms with Crippen LogP contribution in [0.4, 0.5) is 4.39 Å². The average Bonchev–Trinajstić information content (AvgIpc) is 2.83. The standard InChI is InChI=1S/C13H13FO3/c14-10-5-3-9(4-6-10)11(15)8-12(16)13-2-1-7-17-13/h1-7,11-12,15-16H,8H2/t11-,12-/m0/s1. The molecule has 1 aromatic heterocycles. The zero-order valence-electron chi connectivity index (χ0n) is 9.08. The van der Waals surface area contributed by atoms with Gasteiger partial charge in [0.1, 0.15) is 17.7 Å². The summed E-state index contributed by atoms with van der Waals surface area (Å²) in [5.74, 6) is 0.0543. The second-order valence-corrected chi connectivity index (χ2v) is 3.83. The molecule has 90 valence electrons. The summed E-state index contributed by atoms with van der Waals surface area (Å²) in [6.45, 7) is 0. The molecule has 2 atom stereocenters. The van der Waals surface area contributed by atoms with E-state index >= 15 is 0 Å². The fourth-order valence-corrected chi connectivity index (χ4v) is 1.63. The molecule has 1 heterocycles. The van der Waals surface area contributed by atoms with Crippen LogP contribution >= 0.6 is 0 Å². The van der Waals surface area contributed by atoms with Gasteiger partial charge >= 0.3 is 0 Å². The molecule has 0 saturated heterocycles. The van der Waals surface area contributed by atoms with E-state index in [1.54, 1.807) is 12.1 Å². The van der Waals surface area contributed by atoms with E-state index in [0.29, 0.717) is 11.3 Å². The molecule has 0 aliphatic carbocycles. The summed E-state index contributed by atoms with van der Waals surface area (Å²) in [5, 5.41) is 19.6. The van der Waals surface area contributed by atoms with Gasteiger partial charge < -0.3 is 14.6 Å². The van der Waals surface area contributed by atoms with Crippen molar-refractivity contribution in [1.82, 2.24) is 0 Å². The predicted molar refractivity (Wildman–Crippen MR) is 59.6 cm³/mol. The Labute approximate surface area is 98.1 Å². The molecule has 1 aromatic carbocycles. The van der Waals surface area contributed by atoms with E-state index < -0.39 is 12.2 Å². The van der Waals surface area contributed by atoms with Gasteiger partial charge in [-0.15, -0.1) is 0 Å². The van der Waals surface area contributed by atoms with Crippen molar-refractivity contribution >= 4 is 0 Å². The van der Waals surface area contributed by atoms with Crippen molar-refractivity contribution in [3.63, 3.8) is 0 Å². The summed E-state index contributed by atoms with van der Waals surface area (Å²) < 4.78 is 17.7. The molecule has 0 amide bonds. The van der Waals surface area contributed by atoms with Gasteiger partial charge in [-0.05, 0) is 29.8 Å². The first-order valence-electron chi connectivity index (χ1n) is 5.32. The Morgan fingerprint density at radius 3 is 2.35 bits per heavy atom. The first-order chi connectivity index (χ1) is 8.16.